The summed E-state index contributed by atoms with van der Waals surface area (Å²) < 4.78 is 6.72. The Kier molecular flexibility index (Phi) is 5.49. The molecule has 2 aromatic rings. The highest BCUT2D eigenvalue weighted by atomic mass is 32.1. The Bertz CT molecular complexity index is 567. The average molecular weight is 308 g/mol. The van der Waals surface area contributed by atoms with Crippen LogP contribution in [-0.4, -0.2) is 40.8 Å². The predicted molar refractivity (Wildman–Crippen MR) is 81.7 cm³/mol. The highest BCUT2D eigenvalue weighted by molar-refractivity contribution is 7.09. The molecule has 2 N–H and O–H groups in total. The van der Waals surface area contributed by atoms with Gasteiger partial charge in [-0.25, -0.2) is 0 Å². The summed E-state index contributed by atoms with van der Waals surface area (Å²) in [4.78, 5) is 15.5. The van der Waals surface area contributed by atoms with E-state index in [-0.39, 0.29) is 5.91 Å². The van der Waals surface area contributed by atoms with Gasteiger partial charge in [0.05, 0.1) is 19.3 Å². The molecule has 2 heterocycles. The van der Waals surface area contributed by atoms with E-state index in [1.54, 1.807) is 47.5 Å². The van der Waals surface area contributed by atoms with Gasteiger partial charge in [-0.3, -0.25) is 9.48 Å². The quantitative estimate of drug-likeness (QED) is 0.833. The monoisotopic (exact) mass is 308 g/mol. The highest BCUT2D eigenvalue weighted by Crippen LogP contribution is 2.17. The lowest BCUT2D eigenvalue weighted by molar-refractivity contribution is -0.134. The van der Waals surface area contributed by atoms with Gasteiger partial charge < -0.3 is 15.4 Å². The first kappa shape index (κ1) is 15.7. The zero-order chi connectivity index (χ0) is 15.2. The van der Waals surface area contributed by atoms with Crippen molar-refractivity contribution in [1.82, 2.24) is 14.7 Å². The maximum atomic E-state index is 12.6. The van der Waals surface area contributed by atoms with Crippen molar-refractivity contribution in [2.24, 2.45) is 12.8 Å². The molecule has 0 aliphatic rings. The van der Waals surface area contributed by atoms with Crippen molar-refractivity contribution >= 4 is 17.2 Å². The molecule has 0 bridgehead atoms. The van der Waals surface area contributed by atoms with E-state index < -0.39 is 6.04 Å². The summed E-state index contributed by atoms with van der Waals surface area (Å²) in [7, 11) is 3.42. The summed E-state index contributed by atoms with van der Waals surface area (Å²) in [5.74, 6) is -0.117. The van der Waals surface area contributed by atoms with Crippen molar-refractivity contribution in [3.05, 3.63) is 40.3 Å². The Morgan fingerprint density at radius 2 is 2.43 bits per heavy atom. The first-order valence-electron chi connectivity index (χ1n) is 6.66. The second kappa shape index (κ2) is 7.35. The number of hydrogen-bond acceptors (Lipinski definition) is 5. The molecule has 21 heavy (non-hydrogen) atoms. The smallest absolute Gasteiger partial charge is 0.244 e. The molecule has 2 rings (SSSR count). The minimum absolute atomic E-state index is 0.117. The fourth-order valence-electron chi connectivity index (χ4n) is 2.00. The van der Waals surface area contributed by atoms with Crippen LogP contribution in [-0.2, 0) is 23.1 Å². The molecule has 0 radical (unpaired) electrons. The SMILES string of the molecule is COCCN(Cc1cccs1)C(=O)C(N)c1cnn(C)c1. The van der Waals surface area contributed by atoms with E-state index in [4.69, 9.17) is 10.5 Å². The molecule has 1 atom stereocenters. The van der Waals surface area contributed by atoms with Crippen LogP contribution in [0.4, 0.5) is 0 Å². The Hall–Kier alpha value is -1.70. The molecule has 7 heteroatoms. The third-order valence-electron chi connectivity index (χ3n) is 3.15. The third kappa shape index (κ3) is 4.13. The molecule has 0 saturated carbocycles. The predicted octanol–water partition coefficient (Wildman–Crippen LogP) is 1.16. The number of aromatic nitrogens is 2. The van der Waals surface area contributed by atoms with Crippen molar-refractivity contribution in [2.45, 2.75) is 12.6 Å². The Balaban J connectivity index is 2.09. The van der Waals surface area contributed by atoms with E-state index in [2.05, 4.69) is 5.10 Å². The maximum Gasteiger partial charge on any atom is 0.244 e. The van der Waals surface area contributed by atoms with Crippen LogP contribution in [0.2, 0.25) is 0 Å². The zero-order valence-corrected chi connectivity index (χ0v) is 13.0. The second-order valence-corrected chi connectivity index (χ2v) is 5.79. The van der Waals surface area contributed by atoms with Gasteiger partial charge in [0, 0.05) is 37.3 Å². The van der Waals surface area contributed by atoms with E-state index in [0.717, 1.165) is 10.4 Å². The molecular weight excluding hydrogens is 288 g/mol. The van der Waals surface area contributed by atoms with Crippen molar-refractivity contribution < 1.29 is 9.53 Å². The van der Waals surface area contributed by atoms with Crippen molar-refractivity contribution in [2.75, 3.05) is 20.3 Å². The molecule has 0 aliphatic heterocycles. The van der Waals surface area contributed by atoms with Crippen LogP contribution >= 0.6 is 11.3 Å². The van der Waals surface area contributed by atoms with Crippen LogP contribution in [0.15, 0.2) is 29.9 Å². The number of amides is 1. The number of nitrogens with two attached hydrogens (primary N) is 1. The molecule has 0 aliphatic carbocycles. The summed E-state index contributed by atoms with van der Waals surface area (Å²) in [6.45, 7) is 1.55. The van der Waals surface area contributed by atoms with Crippen molar-refractivity contribution in [3.63, 3.8) is 0 Å². The van der Waals surface area contributed by atoms with Gasteiger partial charge in [0.15, 0.2) is 0 Å². The Morgan fingerprint density at radius 3 is 3.00 bits per heavy atom. The summed E-state index contributed by atoms with van der Waals surface area (Å²) in [6, 6.07) is 3.28. The number of thiophene rings is 1. The van der Waals surface area contributed by atoms with Gasteiger partial charge in [0.2, 0.25) is 5.91 Å². The standard InChI is InChI=1S/C14H20N4O2S/c1-17-9-11(8-16-17)13(15)14(19)18(5-6-20-2)10-12-4-3-7-21-12/h3-4,7-9,13H,5-6,10,15H2,1-2H3. The number of ether oxygens (including phenoxy) is 1. The molecule has 0 saturated heterocycles. The fraction of sp³-hybridized carbons (Fsp3) is 0.429. The molecule has 0 aromatic carbocycles. The average Bonchev–Trinajstić information content (AvgIpc) is 3.13. The second-order valence-electron chi connectivity index (χ2n) is 4.76. The topological polar surface area (TPSA) is 73.4 Å². The molecule has 2 aromatic heterocycles. The lowest BCUT2D eigenvalue weighted by atomic mass is 10.1. The molecule has 0 fully saturated rings. The van der Waals surface area contributed by atoms with Gasteiger partial charge in [-0.2, -0.15) is 5.10 Å². The first-order chi connectivity index (χ1) is 10.1. The van der Waals surface area contributed by atoms with E-state index in [9.17, 15) is 4.79 Å². The third-order valence-corrected chi connectivity index (χ3v) is 4.01. The summed E-state index contributed by atoms with van der Waals surface area (Å²) in [5, 5.41) is 6.06. The van der Waals surface area contributed by atoms with Crippen LogP contribution in [0.1, 0.15) is 16.5 Å². The number of carbonyl (C=O) groups excluding carboxylic acids is 1. The van der Waals surface area contributed by atoms with Crippen LogP contribution in [0, 0.1) is 0 Å². The lowest BCUT2D eigenvalue weighted by Crippen LogP contribution is -2.39. The molecule has 1 amide bonds. The largest absolute Gasteiger partial charge is 0.383 e. The minimum atomic E-state index is -0.699. The normalized spacial score (nSPS) is 12.3. The summed E-state index contributed by atoms with van der Waals surface area (Å²) in [5.41, 5.74) is 6.79. The number of carbonyl (C=O) groups is 1. The molecule has 6 nitrogen and oxygen atoms in total. The van der Waals surface area contributed by atoms with Gasteiger partial charge in [0.1, 0.15) is 6.04 Å². The number of hydrogen-bond donors (Lipinski definition) is 1. The number of rotatable bonds is 7. The van der Waals surface area contributed by atoms with Crippen LogP contribution in [0.25, 0.3) is 0 Å². The van der Waals surface area contributed by atoms with Crippen molar-refractivity contribution in [3.8, 4) is 0 Å². The van der Waals surface area contributed by atoms with Crippen LogP contribution < -0.4 is 5.73 Å². The summed E-state index contributed by atoms with van der Waals surface area (Å²) in [6.07, 6.45) is 3.39. The summed E-state index contributed by atoms with van der Waals surface area (Å²) >= 11 is 1.62. The van der Waals surface area contributed by atoms with Gasteiger partial charge >= 0.3 is 0 Å². The highest BCUT2D eigenvalue weighted by Gasteiger charge is 2.23. The molecule has 1 unspecified atom stereocenters. The molecular formula is C14H20N4O2S. The first-order valence-corrected chi connectivity index (χ1v) is 7.54. The Labute approximate surface area is 128 Å². The Morgan fingerprint density at radius 1 is 1.62 bits per heavy atom. The zero-order valence-electron chi connectivity index (χ0n) is 12.2. The van der Waals surface area contributed by atoms with Crippen LogP contribution in [0.5, 0.6) is 0 Å². The maximum absolute atomic E-state index is 12.6. The number of nitrogens with zero attached hydrogens (tertiary/aromatic N) is 3. The van der Waals surface area contributed by atoms with Gasteiger partial charge in [0.25, 0.3) is 0 Å². The molecule has 114 valence electrons. The fourth-order valence-corrected chi connectivity index (χ4v) is 2.72. The van der Waals surface area contributed by atoms with Gasteiger partial charge in [-0.05, 0) is 11.4 Å². The van der Waals surface area contributed by atoms with Crippen molar-refractivity contribution in [1.29, 1.82) is 0 Å². The van der Waals surface area contributed by atoms with E-state index in [1.807, 2.05) is 17.5 Å². The lowest BCUT2D eigenvalue weighted by Gasteiger charge is -2.24. The van der Waals surface area contributed by atoms with Crippen LogP contribution in [0.3, 0.4) is 0 Å². The van der Waals surface area contributed by atoms with E-state index >= 15 is 0 Å². The van der Waals surface area contributed by atoms with Gasteiger partial charge in [-0.15, -0.1) is 11.3 Å². The minimum Gasteiger partial charge on any atom is -0.383 e. The number of methoxy groups -OCH3 is 1. The van der Waals surface area contributed by atoms with E-state index in [0.29, 0.717) is 19.7 Å². The number of aryl methyl sites for hydroxylation is 1. The van der Waals surface area contributed by atoms with E-state index in [1.165, 1.54) is 0 Å². The molecule has 0 spiro atoms. The van der Waals surface area contributed by atoms with Gasteiger partial charge in [-0.1, -0.05) is 6.07 Å².